The van der Waals surface area contributed by atoms with Crippen molar-refractivity contribution >= 4 is 16.9 Å². The summed E-state index contributed by atoms with van der Waals surface area (Å²) in [6.45, 7) is 1.31. The van der Waals surface area contributed by atoms with Crippen molar-refractivity contribution in [2.24, 2.45) is 7.05 Å². The van der Waals surface area contributed by atoms with Gasteiger partial charge in [-0.15, -0.1) is 0 Å². The molecule has 0 aliphatic carbocycles. The molecule has 1 unspecified atom stereocenters. The van der Waals surface area contributed by atoms with Crippen molar-refractivity contribution in [1.82, 2.24) is 4.57 Å². The normalized spacial score (nSPS) is 14.8. The molecule has 0 bridgehead atoms. The molecule has 17 heavy (non-hydrogen) atoms. The van der Waals surface area contributed by atoms with Gasteiger partial charge in [0.05, 0.1) is 0 Å². The molecule has 0 aliphatic heterocycles. The molecule has 2 N–H and O–H groups in total. The highest BCUT2D eigenvalue weighted by Crippen LogP contribution is 2.20. The number of nitrogens with zero attached hydrogens (tertiary/aromatic N) is 1. The van der Waals surface area contributed by atoms with Gasteiger partial charge in [0.25, 0.3) is 0 Å². The molecular weight excluding hydrogens is 218 g/mol. The Hall–Kier alpha value is -1.81. The van der Waals surface area contributed by atoms with E-state index in [4.69, 9.17) is 5.11 Å². The van der Waals surface area contributed by atoms with Gasteiger partial charge in [-0.25, -0.2) is 4.79 Å². The summed E-state index contributed by atoms with van der Waals surface area (Å²) in [5, 5.41) is 19.7. The third-order valence-corrected chi connectivity index (χ3v) is 2.96. The first kappa shape index (κ1) is 11.7. The predicted molar refractivity (Wildman–Crippen MR) is 64.9 cm³/mol. The Morgan fingerprint density at radius 1 is 1.41 bits per heavy atom. The number of carbonyl (C=O) groups is 1. The lowest BCUT2D eigenvalue weighted by molar-refractivity contribution is -0.156. The maximum atomic E-state index is 10.9. The quantitative estimate of drug-likeness (QED) is 0.845. The second kappa shape index (κ2) is 3.89. The van der Waals surface area contributed by atoms with Gasteiger partial charge < -0.3 is 14.8 Å². The SMILES string of the molecule is Cn1ccc2ccc(CC(C)(O)C(=O)O)cc21. The summed E-state index contributed by atoms with van der Waals surface area (Å²) in [6.07, 6.45) is 2.05. The summed E-state index contributed by atoms with van der Waals surface area (Å²) in [5.74, 6) is -1.20. The first-order valence-corrected chi connectivity index (χ1v) is 5.40. The first-order chi connectivity index (χ1) is 7.90. The second-order valence-corrected chi connectivity index (χ2v) is 4.58. The molecule has 0 fully saturated rings. The van der Waals surface area contributed by atoms with Crippen LogP contribution < -0.4 is 0 Å². The summed E-state index contributed by atoms with van der Waals surface area (Å²) >= 11 is 0. The largest absolute Gasteiger partial charge is 0.479 e. The van der Waals surface area contributed by atoms with Crippen LogP contribution in [0.25, 0.3) is 10.9 Å². The number of carboxylic acids is 1. The standard InChI is InChI=1S/C13H15NO3/c1-13(17,12(15)16)8-9-3-4-10-5-6-14(2)11(10)7-9/h3-7,17H,8H2,1-2H3,(H,15,16). The van der Waals surface area contributed by atoms with Crippen LogP contribution >= 0.6 is 0 Å². The van der Waals surface area contributed by atoms with E-state index in [0.29, 0.717) is 0 Å². The lowest BCUT2D eigenvalue weighted by Crippen LogP contribution is -2.37. The van der Waals surface area contributed by atoms with Crippen molar-refractivity contribution in [1.29, 1.82) is 0 Å². The molecule has 0 spiro atoms. The maximum Gasteiger partial charge on any atom is 0.335 e. The number of carboxylic acid groups (broad SMARTS) is 1. The number of hydrogen-bond acceptors (Lipinski definition) is 2. The fourth-order valence-electron chi connectivity index (χ4n) is 1.89. The van der Waals surface area contributed by atoms with Gasteiger partial charge in [-0.2, -0.15) is 0 Å². The van der Waals surface area contributed by atoms with Gasteiger partial charge in [0.1, 0.15) is 0 Å². The third kappa shape index (κ3) is 2.17. The highest BCUT2D eigenvalue weighted by molar-refractivity contribution is 5.81. The molecule has 0 radical (unpaired) electrons. The zero-order chi connectivity index (χ0) is 12.6. The molecule has 0 saturated heterocycles. The molecule has 1 aromatic heterocycles. The monoisotopic (exact) mass is 233 g/mol. The Morgan fingerprint density at radius 3 is 2.76 bits per heavy atom. The topological polar surface area (TPSA) is 62.5 Å². The highest BCUT2D eigenvalue weighted by Gasteiger charge is 2.30. The Bertz CT molecular complexity index is 569. The zero-order valence-electron chi connectivity index (χ0n) is 9.84. The van der Waals surface area contributed by atoms with E-state index in [9.17, 15) is 9.90 Å². The van der Waals surface area contributed by atoms with Crippen LogP contribution in [-0.2, 0) is 18.3 Å². The van der Waals surface area contributed by atoms with Crippen LogP contribution in [0.4, 0.5) is 0 Å². The molecule has 90 valence electrons. The fourth-order valence-corrected chi connectivity index (χ4v) is 1.89. The van der Waals surface area contributed by atoms with Crippen molar-refractivity contribution in [3.63, 3.8) is 0 Å². The lowest BCUT2D eigenvalue weighted by atomic mass is 9.96. The average Bonchev–Trinajstić information content (AvgIpc) is 2.60. The number of hydrogen-bond donors (Lipinski definition) is 2. The summed E-state index contributed by atoms with van der Waals surface area (Å²) in [6, 6.07) is 7.68. The number of aliphatic hydroxyl groups is 1. The van der Waals surface area contributed by atoms with Gasteiger partial charge in [-0.05, 0) is 30.0 Å². The minimum absolute atomic E-state index is 0.101. The number of aryl methyl sites for hydroxylation is 1. The number of benzene rings is 1. The van der Waals surface area contributed by atoms with Crippen LogP contribution in [0.2, 0.25) is 0 Å². The molecule has 0 amide bonds. The highest BCUT2D eigenvalue weighted by atomic mass is 16.4. The molecule has 1 aromatic carbocycles. The molecule has 4 heteroatoms. The summed E-state index contributed by atoms with van der Waals surface area (Å²) in [4.78, 5) is 10.9. The minimum atomic E-state index is -1.72. The van der Waals surface area contributed by atoms with E-state index >= 15 is 0 Å². The summed E-state index contributed by atoms with van der Waals surface area (Å²) < 4.78 is 1.97. The van der Waals surface area contributed by atoms with Crippen molar-refractivity contribution in [2.45, 2.75) is 18.9 Å². The van der Waals surface area contributed by atoms with E-state index in [-0.39, 0.29) is 6.42 Å². The van der Waals surface area contributed by atoms with Gasteiger partial charge >= 0.3 is 5.97 Å². The van der Waals surface area contributed by atoms with Crippen molar-refractivity contribution in [2.75, 3.05) is 0 Å². The van der Waals surface area contributed by atoms with Crippen molar-refractivity contribution < 1.29 is 15.0 Å². The Morgan fingerprint density at radius 2 is 2.12 bits per heavy atom. The van der Waals surface area contributed by atoms with Crippen LogP contribution in [0.1, 0.15) is 12.5 Å². The molecule has 4 nitrogen and oxygen atoms in total. The number of aromatic nitrogens is 1. The van der Waals surface area contributed by atoms with Crippen LogP contribution in [0.5, 0.6) is 0 Å². The third-order valence-electron chi connectivity index (χ3n) is 2.96. The Balaban J connectivity index is 2.37. The Labute approximate surface area is 99.1 Å². The summed E-state index contributed by atoms with van der Waals surface area (Å²) in [5.41, 5.74) is 0.120. The van der Waals surface area contributed by atoms with E-state index in [1.807, 2.05) is 42.1 Å². The van der Waals surface area contributed by atoms with Crippen molar-refractivity contribution in [3.8, 4) is 0 Å². The molecule has 1 atom stereocenters. The molecule has 0 saturated carbocycles. The fraction of sp³-hybridized carbons (Fsp3) is 0.308. The number of rotatable bonds is 3. The molecular formula is C13H15NO3. The molecule has 2 rings (SSSR count). The van der Waals surface area contributed by atoms with E-state index in [1.165, 1.54) is 6.92 Å². The van der Waals surface area contributed by atoms with Crippen LogP contribution in [0, 0.1) is 0 Å². The minimum Gasteiger partial charge on any atom is -0.479 e. The first-order valence-electron chi connectivity index (χ1n) is 5.40. The van der Waals surface area contributed by atoms with Crippen LogP contribution in [0.15, 0.2) is 30.5 Å². The lowest BCUT2D eigenvalue weighted by Gasteiger charge is -2.17. The van der Waals surface area contributed by atoms with Gasteiger partial charge in [0.15, 0.2) is 5.60 Å². The van der Waals surface area contributed by atoms with Gasteiger partial charge in [-0.3, -0.25) is 0 Å². The second-order valence-electron chi connectivity index (χ2n) is 4.58. The average molecular weight is 233 g/mol. The van der Waals surface area contributed by atoms with Gasteiger partial charge in [-0.1, -0.05) is 12.1 Å². The number of aliphatic carboxylic acids is 1. The molecule has 2 aromatic rings. The van der Waals surface area contributed by atoms with E-state index in [1.54, 1.807) is 0 Å². The molecule has 1 heterocycles. The van der Waals surface area contributed by atoms with Gasteiger partial charge in [0.2, 0.25) is 0 Å². The smallest absolute Gasteiger partial charge is 0.335 e. The van der Waals surface area contributed by atoms with Gasteiger partial charge in [0, 0.05) is 25.2 Å². The maximum absolute atomic E-state index is 10.9. The molecule has 0 aliphatic rings. The van der Waals surface area contributed by atoms with Crippen LogP contribution in [-0.4, -0.2) is 26.4 Å². The van der Waals surface area contributed by atoms with Crippen LogP contribution in [0.3, 0.4) is 0 Å². The number of fused-ring (bicyclic) bond motifs is 1. The zero-order valence-corrected chi connectivity index (χ0v) is 9.84. The van der Waals surface area contributed by atoms with E-state index < -0.39 is 11.6 Å². The summed E-state index contributed by atoms with van der Waals surface area (Å²) in [7, 11) is 1.93. The van der Waals surface area contributed by atoms with Crippen molar-refractivity contribution in [3.05, 3.63) is 36.0 Å². The van der Waals surface area contributed by atoms with E-state index in [2.05, 4.69) is 0 Å². The predicted octanol–water partition coefficient (Wildman–Crippen LogP) is 1.56. The Kier molecular flexibility index (Phi) is 2.67. The van der Waals surface area contributed by atoms with E-state index in [0.717, 1.165) is 16.5 Å².